The zero-order chi connectivity index (χ0) is 17.2. The first-order chi connectivity index (χ1) is 11.7. The topological polar surface area (TPSA) is 29.1 Å². The van der Waals surface area contributed by atoms with Gasteiger partial charge in [0, 0.05) is 6.04 Å². The minimum absolute atomic E-state index is 0.0234. The zero-order valence-corrected chi connectivity index (χ0v) is 15.6. The predicted molar refractivity (Wildman–Crippen MR) is 103 cm³/mol. The Labute approximate surface area is 149 Å². The van der Waals surface area contributed by atoms with E-state index >= 15 is 0 Å². The van der Waals surface area contributed by atoms with Crippen molar-refractivity contribution in [1.29, 1.82) is 0 Å². The number of carbonyl (C=O) groups is 1. The summed E-state index contributed by atoms with van der Waals surface area (Å²) in [5, 5.41) is 3.04. The van der Waals surface area contributed by atoms with E-state index in [0.717, 1.165) is 30.6 Å². The van der Waals surface area contributed by atoms with Gasteiger partial charge in [0.1, 0.15) is 0 Å². The first-order valence-corrected chi connectivity index (χ1v) is 10.3. The Morgan fingerprint density at radius 1 is 0.958 bits per heavy atom. The predicted octanol–water partition coefficient (Wildman–Crippen LogP) is 5.79. The van der Waals surface area contributed by atoms with Crippen LogP contribution in [0.2, 0.25) is 0 Å². The van der Waals surface area contributed by atoms with Crippen molar-refractivity contribution in [2.45, 2.75) is 90.0 Å². The maximum atomic E-state index is 11.4. The molecular weight excluding hydrogens is 294 g/mol. The highest BCUT2D eigenvalue weighted by Gasteiger charge is 2.22. The van der Waals surface area contributed by atoms with Gasteiger partial charge in [0.15, 0.2) is 0 Å². The van der Waals surface area contributed by atoms with Gasteiger partial charge in [-0.2, -0.15) is 0 Å². The van der Waals surface area contributed by atoms with E-state index in [1.54, 1.807) is 0 Å². The highest BCUT2D eigenvalue weighted by Crippen LogP contribution is 2.34. The SMILES string of the molecule is C=CC(=O)NC1CCC(/C=C/C2CCC(CCCCC)CC2)CC1. The number of hydrogen-bond donors (Lipinski definition) is 1. The Kier molecular flexibility index (Phi) is 8.63. The maximum absolute atomic E-state index is 11.4. The molecule has 0 heterocycles. The van der Waals surface area contributed by atoms with Gasteiger partial charge in [0.25, 0.3) is 0 Å². The van der Waals surface area contributed by atoms with Crippen LogP contribution < -0.4 is 5.32 Å². The molecule has 2 heteroatoms. The smallest absolute Gasteiger partial charge is 0.243 e. The number of allylic oxidation sites excluding steroid dienone is 2. The molecule has 1 amide bonds. The summed E-state index contributed by atoms with van der Waals surface area (Å²) >= 11 is 0. The lowest BCUT2D eigenvalue weighted by atomic mass is 9.78. The second-order valence-electron chi connectivity index (χ2n) is 7.99. The summed E-state index contributed by atoms with van der Waals surface area (Å²) in [7, 11) is 0. The summed E-state index contributed by atoms with van der Waals surface area (Å²) in [6.45, 7) is 5.82. The first kappa shape index (κ1) is 19.3. The van der Waals surface area contributed by atoms with Crippen LogP contribution in [0.5, 0.6) is 0 Å². The number of carbonyl (C=O) groups excluding carboxylic acids is 1. The van der Waals surface area contributed by atoms with E-state index < -0.39 is 0 Å². The molecule has 0 atom stereocenters. The van der Waals surface area contributed by atoms with Crippen molar-refractivity contribution in [2.75, 3.05) is 0 Å². The molecule has 0 aromatic rings. The van der Waals surface area contributed by atoms with E-state index in [1.165, 1.54) is 70.3 Å². The van der Waals surface area contributed by atoms with Crippen molar-refractivity contribution in [1.82, 2.24) is 5.32 Å². The fourth-order valence-corrected chi connectivity index (χ4v) is 4.38. The first-order valence-electron chi connectivity index (χ1n) is 10.3. The summed E-state index contributed by atoms with van der Waals surface area (Å²) in [5.41, 5.74) is 0. The number of amides is 1. The Balaban J connectivity index is 1.61. The molecule has 0 saturated heterocycles. The van der Waals surface area contributed by atoms with Gasteiger partial charge in [-0.1, -0.05) is 51.3 Å². The summed E-state index contributed by atoms with van der Waals surface area (Å²) in [6.07, 6.45) is 22.4. The van der Waals surface area contributed by atoms with Gasteiger partial charge < -0.3 is 5.32 Å². The normalized spacial score (nSPS) is 31.0. The average Bonchev–Trinajstić information content (AvgIpc) is 2.62. The molecule has 0 aliphatic heterocycles. The van der Waals surface area contributed by atoms with Crippen LogP contribution in [0.1, 0.15) is 84.0 Å². The van der Waals surface area contributed by atoms with Crippen LogP contribution in [0.15, 0.2) is 24.8 Å². The zero-order valence-electron chi connectivity index (χ0n) is 15.6. The van der Waals surface area contributed by atoms with Gasteiger partial charge in [-0.25, -0.2) is 0 Å². The van der Waals surface area contributed by atoms with E-state index in [4.69, 9.17) is 0 Å². The molecule has 0 bridgehead atoms. The van der Waals surface area contributed by atoms with Gasteiger partial charge in [-0.3, -0.25) is 4.79 Å². The molecule has 2 rings (SSSR count). The molecule has 2 fully saturated rings. The Bertz CT molecular complexity index is 398. The Morgan fingerprint density at radius 2 is 1.54 bits per heavy atom. The molecule has 2 saturated carbocycles. The third-order valence-electron chi connectivity index (χ3n) is 6.07. The minimum Gasteiger partial charge on any atom is -0.350 e. The number of unbranched alkanes of at least 4 members (excludes halogenated alkanes) is 2. The second kappa shape index (κ2) is 10.7. The Hall–Kier alpha value is -1.05. The largest absolute Gasteiger partial charge is 0.350 e. The lowest BCUT2D eigenvalue weighted by Crippen LogP contribution is -2.36. The van der Waals surface area contributed by atoms with Crippen molar-refractivity contribution in [3.05, 3.63) is 24.8 Å². The summed E-state index contributed by atoms with van der Waals surface area (Å²) < 4.78 is 0. The van der Waals surface area contributed by atoms with Gasteiger partial charge in [0.05, 0.1) is 0 Å². The summed E-state index contributed by atoms with van der Waals surface area (Å²) in [4.78, 5) is 11.4. The number of rotatable bonds is 8. The average molecular weight is 332 g/mol. The molecule has 136 valence electrons. The fraction of sp³-hybridized carbons (Fsp3) is 0.773. The van der Waals surface area contributed by atoms with E-state index in [1.807, 2.05) is 0 Å². The van der Waals surface area contributed by atoms with E-state index in [2.05, 4.69) is 31.0 Å². The molecular formula is C22H37NO. The van der Waals surface area contributed by atoms with Crippen molar-refractivity contribution in [2.24, 2.45) is 17.8 Å². The maximum Gasteiger partial charge on any atom is 0.243 e. The molecule has 0 spiro atoms. The Morgan fingerprint density at radius 3 is 2.08 bits per heavy atom. The van der Waals surface area contributed by atoms with E-state index in [0.29, 0.717) is 6.04 Å². The molecule has 1 N–H and O–H groups in total. The molecule has 0 aromatic carbocycles. The van der Waals surface area contributed by atoms with Crippen LogP contribution in [0, 0.1) is 17.8 Å². The van der Waals surface area contributed by atoms with Crippen LogP contribution in [0.25, 0.3) is 0 Å². The second-order valence-corrected chi connectivity index (χ2v) is 7.99. The van der Waals surface area contributed by atoms with Crippen LogP contribution >= 0.6 is 0 Å². The third kappa shape index (κ3) is 6.83. The van der Waals surface area contributed by atoms with Crippen LogP contribution in [0.4, 0.5) is 0 Å². The standard InChI is InChI=1S/C22H37NO/c1-3-5-6-7-18-8-10-19(11-9-18)12-13-20-14-16-21(17-15-20)23-22(24)4-2/h4,12-13,18-21H,2-3,5-11,14-17H2,1H3,(H,23,24)/b13-12+. The lowest BCUT2D eigenvalue weighted by Gasteiger charge is -2.29. The van der Waals surface area contributed by atoms with Gasteiger partial charge in [0.2, 0.25) is 5.91 Å². The molecule has 0 aromatic heterocycles. The highest BCUT2D eigenvalue weighted by molar-refractivity contribution is 5.87. The number of nitrogens with one attached hydrogen (secondary N) is 1. The quantitative estimate of drug-likeness (QED) is 0.340. The van der Waals surface area contributed by atoms with Crippen LogP contribution in [-0.2, 0) is 4.79 Å². The minimum atomic E-state index is -0.0234. The van der Waals surface area contributed by atoms with Gasteiger partial charge in [-0.15, -0.1) is 0 Å². The van der Waals surface area contributed by atoms with Crippen LogP contribution in [0.3, 0.4) is 0 Å². The van der Waals surface area contributed by atoms with Crippen LogP contribution in [-0.4, -0.2) is 11.9 Å². The van der Waals surface area contributed by atoms with Crippen molar-refractivity contribution < 1.29 is 4.79 Å². The van der Waals surface area contributed by atoms with Crippen molar-refractivity contribution in [3.8, 4) is 0 Å². The molecule has 2 nitrogen and oxygen atoms in total. The summed E-state index contributed by atoms with van der Waals surface area (Å²) in [5.74, 6) is 2.53. The van der Waals surface area contributed by atoms with E-state index in [-0.39, 0.29) is 5.91 Å². The summed E-state index contributed by atoms with van der Waals surface area (Å²) in [6, 6.07) is 0.360. The lowest BCUT2D eigenvalue weighted by molar-refractivity contribution is -0.117. The molecule has 0 unspecified atom stereocenters. The molecule has 0 radical (unpaired) electrons. The van der Waals surface area contributed by atoms with Crippen molar-refractivity contribution in [3.63, 3.8) is 0 Å². The van der Waals surface area contributed by atoms with E-state index in [9.17, 15) is 4.79 Å². The number of hydrogen-bond acceptors (Lipinski definition) is 1. The van der Waals surface area contributed by atoms with Crippen molar-refractivity contribution >= 4 is 5.91 Å². The monoisotopic (exact) mass is 331 g/mol. The fourth-order valence-electron chi connectivity index (χ4n) is 4.38. The van der Waals surface area contributed by atoms with Gasteiger partial charge >= 0.3 is 0 Å². The third-order valence-corrected chi connectivity index (χ3v) is 6.07. The molecule has 24 heavy (non-hydrogen) atoms. The molecule has 2 aliphatic carbocycles. The highest BCUT2D eigenvalue weighted by atomic mass is 16.1. The molecule has 2 aliphatic rings. The van der Waals surface area contributed by atoms with Gasteiger partial charge in [-0.05, 0) is 75.2 Å².